The number of amides is 4. The number of benzene rings is 2. The predicted octanol–water partition coefficient (Wildman–Crippen LogP) is 2.58. The van der Waals surface area contributed by atoms with Gasteiger partial charge >= 0.3 is 0 Å². The molecule has 12 nitrogen and oxygen atoms in total. The summed E-state index contributed by atoms with van der Waals surface area (Å²) < 4.78 is 124. The minimum Gasteiger partial charge on any atom is -0.379 e. The first-order chi connectivity index (χ1) is 30.1. The molecule has 2 aliphatic rings. The highest BCUT2D eigenvalue weighted by Gasteiger charge is 2.50. The SMILES string of the molecule is [2H]C1([2H])CN(CC(=O)N[C@@H](CCc2ccccc2)C(=O)N[C@@H](CC([2H])(C([2H])([2H])[2H])C([2H])([2H])[2H])C(=O)N[C@@H](Cc2ccccc2)C(=O)N[C@]([2H])(CC(C)C)C(=O)[C@]2(C)OC2([2H])[2H])CC([2H])([2H])O1. The van der Waals surface area contributed by atoms with Crippen molar-refractivity contribution in [1.29, 1.82) is 0 Å². The van der Waals surface area contributed by atoms with E-state index in [2.05, 4.69) is 21.3 Å². The second-order valence-corrected chi connectivity index (χ2v) is 13.3. The molecule has 2 saturated heterocycles. The lowest BCUT2D eigenvalue weighted by atomic mass is 9.93. The average Bonchev–Trinajstić information content (AvgIpc) is 3.70. The zero-order chi connectivity index (χ0) is 49.9. The van der Waals surface area contributed by atoms with Crippen molar-refractivity contribution in [2.45, 2.75) is 96.3 Å². The number of epoxide rings is 1. The number of nitrogens with one attached hydrogen (secondary N) is 4. The maximum Gasteiger partial charge on any atom is 0.243 e. The quantitative estimate of drug-likeness (QED) is 0.151. The molecule has 0 aromatic heterocycles. The smallest absolute Gasteiger partial charge is 0.243 e. The van der Waals surface area contributed by atoms with Crippen LogP contribution >= 0.6 is 0 Å². The van der Waals surface area contributed by atoms with E-state index in [-0.39, 0.29) is 25.7 Å². The molecule has 0 saturated carbocycles. The van der Waals surface area contributed by atoms with Crippen molar-refractivity contribution >= 4 is 29.4 Å². The number of ketones is 1. The van der Waals surface area contributed by atoms with Gasteiger partial charge in [0, 0.05) is 29.1 Å². The number of nitrogens with zero attached hydrogens (tertiary/aromatic N) is 1. The van der Waals surface area contributed by atoms with Crippen LogP contribution in [0.25, 0.3) is 0 Å². The highest BCUT2D eigenvalue weighted by molar-refractivity contribution is 5.98. The lowest BCUT2D eigenvalue weighted by molar-refractivity contribution is -0.135. The highest BCUT2D eigenvalue weighted by Crippen LogP contribution is 2.29. The summed E-state index contributed by atoms with van der Waals surface area (Å²) in [6.07, 6.45) is -2.14. The van der Waals surface area contributed by atoms with Gasteiger partial charge in [-0.15, -0.1) is 0 Å². The monoisotopic (exact) mass is 734 g/mol. The van der Waals surface area contributed by atoms with E-state index in [9.17, 15) is 24.0 Å². The summed E-state index contributed by atoms with van der Waals surface area (Å²) in [4.78, 5) is 71.6. The molecule has 284 valence electrons. The molecular formula is C40H57N5O7. The van der Waals surface area contributed by atoms with Gasteiger partial charge in [-0.05, 0) is 55.5 Å². The van der Waals surface area contributed by atoms with E-state index in [4.69, 9.17) is 28.7 Å². The fourth-order valence-corrected chi connectivity index (χ4v) is 5.45. The van der Waals surface area contributed by atoms with Crippen molar-refractivity contribution in [2.75, 3.05) is 39.3 Å². The number of hydrogen-bond acceptors (Lipinski definition) is 8. The molecule has 52 heavy (non-hydrogen) atoms. The van der Waals surface area contributed by atoms with Gasteiger partial charge in [-0.1, -0.05) is 88.2 Å². The number of hydrogen-bond donors (Lipinski definition) is 4. The summed E-state index contributed by atoms with van der Waals surface area (Å²) in [7, 11) is 0. The van der Waals surface area contributed by atoms with Gasteiger partial charge in [0.15, 0.2) is 5.78 Å². The minimum absolute atomic E-state index is 0.126. The number of carbonyl (C=O) groups excluding carboxylic acids is 5. The molecule has 2 aliphatic heterocycles. The van der Waals surface area contributed by atoms with E-state index in [0.29, 0.717) is 11.1 Å². The van der Waals surface area contributed by atoms with Gasteiger partial charge in [-0.25, -0.2) is 0 Å². The second-order valence-electron chi connectivity index (χ2n) is 13.3. The molecule has 0 unspecified atom stereocenters. The Kier molecular flexibility index (Phi) is 9.44. The van der Waals surface area contributed by atoms with Gasteiger partial charge in [-0.2, -0.15) is 0 Å². The van der Waals surface area contributed by atoms with Crippen LogP contribution in [0.3, 0.4) is 0 Å². The van der Waals surface area contributed by atoms with Crippen molar-refractivity contribution in [3.8, 4) is 0 Å². The molecule has 0 radical (unpaired) electrons. The van der Waals surface area contributed by atoms with Gasteiger partial charge < -0.3 is 30.7 Å². The van der Waals surface area contributed by atoms with Crippen LogP contribution in [0.4, 0.5) is 0 Å². The van der Waals surface area contributed by atoms with Crippen molar-refractivity contribution in [3.05, 3.63) is 71.8 Å². The van der Waals surface area contributed by atoms with Crippen molar-refractivity contribution in [2.24, 2.45) is 11.8 Å². The fourth-order valence-electron chi connectivity index (χ4n) is 5.45. The third kappa shape index (κ3) is 13.1. The number of rotatable bonds is 20. The molecule has 4 rings (SSSR count). The molecule has 5 atom stereocenters. The van der Waals surface area contributed by atoms with Gasteiger partial charge in [0.1, 0.15) is 23.7 Å². The standard InChI is InChI=1S/C40H57N5O7/c1-27(2)22-32(36(47)40(5)26-52-40)42-39(50)34(24-30-14-10-7-11-15-30)44-38(49)33(23-28(3)4)43-37(48)31(17-16-29-12-8-6-9-13-29)41-35(46)25-45-18-20-51-21-19-45/h6-15,27-28,31-34H,16-26H2,1-5H3,(H,41,46)(H,42,50)(H,43,48)(H,44,49)/t31-,32+,33-,34-,40+/m0/s1/i3D3,4D3,20D2,21D2,26D2,28D,32D. The summed E-state index contributed by atoms with van der Waals surface area (Å²) in [5, 5.41) is 9.52. The largest absolute Gasteiger partial charge is 0.379 e. The van der Waals surface area contributed by atoms with Crippen LogP contribution < -0.4 is 21.3 Å². The summed E-state index contributed by atoms with van der Waals surface area (Å²) in [5.41, 5.74) is -0.996. The summed E-state index contributed by atoms with van der Waals surface area (Å²) in [5.74, 6) is -9.55. The van der Waals surface area contributed by atoms with Crippen molar-refractivity contribution in [3.63, 3.8) is 0 Å². The maximum absolute atomic E-state index is 14.5. The Bertz CT molecular complexity index is 2030. The summed E-state index contributed by atoms with van der Waals surface area (Å²) >= 11 is 0. The number of aryl methyl sites for hydroxylation is 1. The first kappa shape index (κ1) is 25.0. The van der Waals surface area contributed by atoms with E-state index in [1.807, 2.05) is 0 Å². The van der Waals surface area contributed by atoms with Gasteiger partial charge in [-0.3, -0.25) is 28.9 Å². The van der Waals surface area contributed by atoms with Gasteiger partial charge in [0.05, 0.1) is 41.8 Å². The Balaban J connectivity index is 1.73. The molecule has 2 aromatic carbocycles. The van der Waals surface area contributed by atoms with E-state index >= 15 is 0 Å². The normalized spacial score (nSPS) is 27.8. The van der Waals surface area contributed by atoms with Crippen LogP contribution in [-0.4, -0.2) is 103 Å². The zero-order valence-corrected chi connectivity index (χ0v) is 29.5. The number of ether oxygens (including phenoxy) is 2. The molecule has 0 spiro atoms. The van der Waals surface area contributed by atoms with Gasteiger partial charge in [0.2, 0.25) is 23.6 Å². The van der Waals surface area contributed by atoms with Crippen LogP contribution in [0.2, 0.25) is 0 Å². The lowest BCUT2D eigenvalue weighted by Crippen LogP contribution is -2.59. The lowest BCUT2D eigenvalue weighted by Gasteiger charge is -2.29. The molecule has 2 heterocycles. The number of carbonyl (C=O) groups is 5. The summed E-state index contributed by atoms with van der Waals surface area (Å²) in [6.45, 7) is -11.9. The van der Waals surface area contributed by atoms with Crippen LogP contribution in [0.5, 0.6) is 0 Å². The van der Waals surface area contributed by atoms with Crippen LogP contribution in [0, 0.1) is 11.8 Å². The first-order valence-corrected chi connectivity index (χ1v) is 17.1. The second kappa shape index (κ2) is 19.6. The molecule has 0 bridgehead atoms. The maximum atomic E-state index is 14.5. The topological polar surface area (TPSA) is 158 Å². The van der Waals surface area contributed by atoms with Crippen LogP contribution in [0.15, 0.2) is 60.7 Å². The molecule has 4 amide bonds. The summed E-state index contributed by atoms with van der Waals surface area (Å²) in [6, 6.07) is 8.58. The Morgan fingerprint density at radius 3 is 2.00 bits per heavy atom. The van der Waals surface area contributed by atoms with E-state index < -0.39 is 130 Å². The van der Waals surface area contributed by atoms with E-state index in [1.165, 1.54) is 0 Å². The number of morpholine rings is 1. The molecular weight excluding hydrogens is 662 g/mol. The number of Topliss-reactive ketones (excluding diaryl/α,β-unsaturated/α-hetero) is 1. The Morgan fingerprint density at radius 2 is 1.40 bits per heavy atom. The fraction of sp³-hybridized carbons (Fsp3) is 0.575. The molecule has 0 aliphatic carbocycles. The average molecular weight is 734 g/mol. The van der Waals surface area contributed by atoms with E-state index in [0.717, 1.165) is 11.8 Å². The Morgan fingerprint density at radius 1 is 0.827 bits per heavy atom. The van der Waals surface area contributed by atoms with Crippen LogP contribution in [-0.2, 0) is 46.3 Å². The third-order valence-corrected chi connectivity index (χ3v) is 8.26. The first-order valence-electron chi connectivity index (χ1n) is 24.1. The van der Waals surface area contributed by atoms with Crippen molar-refractivity contribution in [1.82, 2.24) is 26.2 Å². The molecule has 12 heteroatoms. The molecule has 2 fully saturated rings. The van der Waals surface area contributed by atoms with Crippen LogP contribution in [0.1, 0.15) is 84.1 Å². The highest BCUT2D eigenvalue weighted by atomic mass is 16.6. The minimum atomic E-state index is -3.61. The third-order valence-electron chi connectivity index (χ3n) is 8.26. The zero-order valence-electron chi connectivity index (χ0n) is 43.5. The van der Waals surface area contributed by atoms with Crippen molar-refractivity contribution < 1.29 is 52.6 Å². The Labute approximate surface area is 327 Å². The predicted molar refractivity (Wildman–Crippen MR) is 198 cm³/mol. The molecule has 2 aromatic rings. The van der Waals surface area contributed by atoms with E-state index in [1.54, 1.807) is 74.5 Å². The van der Waals surface area contributed by atoms with Gasteiger partial charge in [0.25, 0.3) is 0 Å². The molecule has 4 N–H and O–H groups in total. The Hall–Kier alpha value is -4.13.